The largest absolute Gasteiger partial charge is 0.338 e. The molecule has 1 atom stereocenters. The Morgan fingerprint density at radius 3 is 2.37 bits per heavy atom. The van der Waals surface area contributed by atoms with Gasteiger partial charge in [0.2, 0.25) is 0 Å². The van der Waals surface area contributed by atoms with Crippen LogP contribution in [0.5, 0.6) is 0 Å². The summed E-state index contributed by atoms with van der Waals surface area (Å²) in [4.78, 5) is 41.7. The van der Waals surface area contributed by atoms with Gasteiger partial charge in [-0.1, -0.05) is 42.5 Å². The number of nitrogens with one attached hydrogen (secondary N) is 3. The number of hydrogen-bond donors (Lipinski definition) is 4. The molecule has 1 unspecified atom stereocenters. The maximum atomic E-state index is 14.6. The molecule has 0 bridgehead atoms. The average molecular weight is 559 g/mol. The van der Waals surface area contributed by atoms with Crippen LogP contribution in [0.25, 0.3) is 0 Å². The summed E-state index contributed by atoms with van der Waals surface area (Å²) in [7, 11) is 0. The molecule has 0 radical (unpaired) electrons. The minimum Gasteiger partial charge on any atom is -0.338 e. The molecular formula is C31H35FN6O3. The van der Waals surface area contributed by atoms with Crippen LogP contribution in [0.3, 0.4) is 0 Å². The van der Waals surface area contributed by atoms with Crippen LogP contribution in [-0.2, 0) is 6.54 Å². The highest BCUT2D eigenvalue weighted by Gasteiger charge is 2.24. The fourth-order valence-corrected chi connectivity index (χ4v) is 4.80. The fraction of sp³-hybridized carbons (Fsp3) is 0.323. The molecule has 41 heavy (non-hydrogen) atoms. The first-order chi connectivity index (χ1) is 19.9. The molecule has 1 saturated heterocycles. The van der Waals surface area contributed by atoms with Crippen molar-refractivity contribution in [1.82, 2.24) is 20.4 Å². The maximum absolute atomic E-state index is 14.6. The molecule has 0 spiro atoms. The summed E-state index contributed by atoms with van der Waals surface area (Å²) in [6.45, 7) is 3.49. The van der Waals surface area contributed by atoms with Crippen molar-refractivity contribution in [3.8, 4) is 0 Å². The standard InChI is InChI=1S/C31H35FN6O3/c32-26-18-25(11-12-27(26)35-31(41)34-19-21-9-10-21)30(40)38-15-13-37(14-16-38)20-22-5-4-8-24(17-22)29(39)36-28(33)23-6-2-1-3-7-23/h1-8,11-12,17-18,21,28H,9-10,13-16,19-20,33H2,(H,36,39)(H2,34,35,41). The van der Waals surface area contributed by atoms with E-state index in [1.54, 1.807) is 11.0 Å². The number of amides is 4. The summed E-state index contributed by atoms with van der Waals surface area (Å²) in [5.41, 5.74) is 8.77. The molecule has 1 aliphatic heterocycles. The Labute approximate surface area is 238 Å². The molecule has 9 nitrogen and oxygen atoms in total. The summed E-state index contributed by atoms with van der Waals surface area (Å²) in [5.74, 6) is -0.621. The Bertz CT molecular complexity index is 1390. The quantitative estimate of drug-likeness (QED) is 0.299. The number of anilines is 1. The van der Waals surface area contributed by atoms with Gasteiger partial charge in [-0.2, -0.15) is 0 Å². The molecule has 1 heterocycles. The Kier molecular flexibility index (Phi) is 8.91. The maximum Gasteiger partial charge on any atom is 0.319 e. The second-order valence-corrected chi connectivity index (χ2v) is 10.6. The molecule has 10 heteroatoms. The van der Waals surface area contributed by atoms with Gasteiger partial charge in [0, 0.05) is 50.4 Å². The van der Waals surface area contributed by atoms with Crippen molar-refractivity contribution in [1.29, 1.82) is 0 Å². The average Bonchev–Trinajstić information content (AvgIpc) is 3.82. The van der Waals surface area contributed by atoms with Gasteiger partial charge in [-0.15, -0.1) is 0 Å². The normalized spacial score (nSPS) is 16.1. The Hall–Kier alpha value is -4.28. The number of benzene rings is 3. The van der Waals surface area contributed by atoms with Crippen LogP contribution in [0, 0.1) is 11.7 Å². The van der Waals surface area contributed by atoms with Crippen molar-refractivity contribution in [2.45, 2.75) is 25.6 Å². The third-order valence-corrected chi connectivity index (χ3v) is 7.41. The van der Waals surface area contributed by atoms with Crippen LogP contribution in [0.4, 0.5) is 14.9 Å². The highest BCUT2D eigenvalue weighted by molar-refractivity contribution is 5.96. The van der Waals surface area contributed by atoms with Crippen LogP contribution in [-0.4, -0.2) is 60.4 Å². The number of piperazine rings is 1. The van der Waals surface area contributed by atoms with Gasteiger partial charge in [0.15, 0.2) is 0 Å². The number of halogens is 1. The summed E-state index contributed by atoms with van der Waals surface area (Å²) in [6.07, 6.45) is 1.61. The van der Waals surface area contributed by atoms with Crippen LogP contribution in [0.15, 0.2) is 72.8 Å². The van der Waals surface area contributed by atoms with Crippen molar-refractivity contribution in [2.24, 2.45) is 11.7 Å². The Balaban J connectivity index is 1.10. The van der Waals surface area contributed by atoms with E-state index in [0.29, 0.717) is 50.7 Å². The first-order valence-corrected chi connectivity index (χ1v) is 13.9. The molecule has 0 aromatic heterocycles. The second-order valence-electron chi connectivity index (χ2n) is 10.6. The number of hydrogen-bond acceptors (Lipinski definition) is 5. The van der Waals surface area contributed by atoms with E-state index in [0.717, 1.165) is 24.0 Å². The summed E-state index contributed by atoms with van der Waals surface area (Å²) >= 11 is 0. The van der Waals surface area contributed by atoms with Gasteiger partial charge in [-0.3, -0.25) is 14.5 Å². The molecule has 214 valence electrons. The van der Waals surface area contributed by atoms with Crippen molar-refractivity contribution < 1.29 is 18.8 Å². The lowest BCUT2D eigenvalue weighted by Crippen LogP contribution is -2.48. The zero-order valence-corrected chi connectivity index (χ0v) is 22.8. The lowest BCUT2D eigenvalue weighted by Gasteiger charge is -2.35. The monoisotopic (exact) mass is 558 g/mol. The number of carbonyl (C=O) groups is 3. The smallest absolute Gasteiger partial charge is 0.319 e. The molecule has 1 aliphatic carbocycles. The fourth-order valence-electron chi connectivity index (χ4n) is 4.80. The summed E-state index contributed by atoms with van der Waals surface area (Å²) in [5, 5.41) is 8.08. The SMILES string of the molecule is NC(NC(=O)c1cccc(CN2CCN(C(=O)c3ccc(NC(=O)NCC4CC4)c(F)c3)CC2)c1)c1ccccc1. The minimum absolute atomic E-state index is 0.0395. The van der Waals surface area contributed by atoms with E-state index in [9.17, 15) is 18.8 Å². The summed E-state index contributed by atoms with van der Waals surface area (Å²) in [6, 6.07) is 20.5. The molecule has 5 N–H and O–H groups in total. The lowest BCUT2D eigenvalue weighted by molar-refractivity contribution is 0.0627. The molecule has 2 fully saturated rings. The molecule has 1 saturated carbocycles. The molecule has 3 aromatic carbocycles. The lowest BCUT2D eigenvalue weighted by atomic mass is 10.1. The zero-order chi connectivity index (χ0) is 28.8. The second kappa shape index (κ2) is 12.9. The molecule has 2 aliphatic rings. The van der Waals surface area contributed by atoms with Gasteiger partial charge in [0.25, 0.3) is 11.8 Å². The first kappa shape index (κ1) is 28.3. The molecule has 5 rings (SSSR count). The van der Waals surface area contributed by atoms with Crippen molar-refractivity contribution in [2.75, 3.05) is 38.0 Å². The molecule has 3 aromatic rings. The van der Waals surface area contributed by atoms with E-state index in [1.165, 1.54) is 18.2 Å². The first-order valence-electron chi connectivity index (χ1n) is 13.9. The van der Waals surface area contributed by atoms with E-state index in [2.05, 4.69) is 20.9 Å². The van der Waals surface area contributed by atoms with Gasteiger partial charge in [-0.05, 0) is 60.2 Å². The van der Waals surface area contributed by atoms with E-state index in [-0.39, 0.29) is 23.1 Å². The highest BCUT2D eigenvalue weighted by Crippen LogP contribution is 2.27. The topological polar surface area (TPSA) is 120 Å². The molecule has 4 amide bonds. The van der Waals surface area contributed by atoms with E-state index in [1.807, 2.05) is 48.5 Å². The number of carbonyl (C=O) groups excluding carboxylic acids is 3. The number of rotatable bonds is 9. The minimum atomic E-state index is -0.648. The van der Waals surface area contributed by atoms with Gasteiger partial charge in [0.05, 0.1) is 5.69 Å². The van der Waals surface area contributed by atoms with E-state index >= 15 is 0 Å². The van der Waals surface area contributed by atoms with Crippen LogP contribution >= 0.6 is 0 Å². The number of urea groups is 1. The zero-order valence-electron chi connectivity index (χ0n) is 22.8. The summed E-state index contributed by atoms with van der Waals surface area (Å²) < 4.78 is 14.6. The number of nitrogens with two attached hydrogens (primary N) is 1. The van der Waals surface area contributed by atoms with Gasteiger partial charge < -0.3 is 26.6 Å². The van der Waals surface area contributed by atoms with Crippen LogP contribution in [0.1, 0.15) is 50.9 Å². The van der Waals surface area contributed by atoms with Gasteiger partial charge in [-0.25, -0.2) is 9.18 Å². The molecular weight excluding hydrogens is 523 g/mol. The predicted molar refractivity (Wildman–Crippen MR) is 155 cm³/mol. The Morgan fingerprint density at radius 1 is 0.902 bits per heavy atom. The third-order valence-electron chi connectivity index (χ3n) is 7.41. The predicted octanol–water partition coefficient (Wildman–Crippen LogP) is 3.70. The van der Waals surface area contributed by atoms with Crippen LogP contribution in [0.2, 0.25) is 0 Å². The van der Waals surface area contributed by atoms with Crippen molar-refractivity contribution in [3.63, 3.8) is 0 Å². The Morgan fingerprint density at radius 2 is 1.66 bits per heavy atom. The highest BCUT2D eigenvalue weighted by atomic mass is 19.1. The third kappa shape index (κ3) is 7.68. The van der Waals surface area contributed by atoms with Crippen LogP contribution < -0.4 is 21.7 Å². The van der Waals surface area contributed by atoms with Crippen molar-refractivity contribution >= 4 is 23.5 Å². The van der Waals surface area contributed by atoms with Gasteiger partial charge in [0.1, 0.15) is 12.0 Å². The van der Waals surface area contributed by atoms with E-state index in [4.69, 9.17) is 5.73 Å². The number of nitrogens with zero attached hydrogens (tertiary/aromatic N) is 2. The van der Waals surface area contributed by atoms with Gasteiger partial charge >= 0.3 is 6.03 Å². The van der Waals surface area contributed by atoms with E-state index < -0.39 is 18.0 Å². The van der Waals surface area contributed by atoms with Crippen molar-refractivity contribution in [3.05, 3.63) is 101 Å².